The van der Waals surface area contributed by atoms with Gasteiger partial charge < -0.3 is 4.74 Å². The molecule has 0 atom stereocenters. The number of hydrogen-bond donors (Lipinski definition) is 1. The highest BCUT2D eigenvalue weighted by molar-refractivity contribution is 9.10. The van der Waals surface area contributed by atoms with E-state index in [1.165, 1.54) is 0 Å². The number of nitrogens with zero attached hydrogens (tertiary/aromatic N) is 1. The van der Waals surface area contributed by atoms with Crippen molar-refractivity contribution in [3.63, 3.8) is 0 Å². The van der Waals surface area contributed by atoms with Crippen LogP contribution in [0.5, 0.6) is 5.75 Å². The predicted molar refractivity (Wildman–Crippen MR) is 102 cm³/mol. The molecule has 1 aromatic carbocycles. The Morgan fingerprint density at radius 1 is 1.38 bits per heavy atom. The van der Waals surface area contributed by atoms with Crippen LogP contribution in [-0.2, 0) is 4.79 Å². The first-order valence-electron chi connectivity index (χ1n) is 8.18. The third kappa shape index (κ3) is 5.78. The van der Waals surface area contributed by atoms with Crippen LogP contribution in [-0.4, -0.2) is 18.2 Å². The molecule has 0 aliphatic heterocycles. The molecule has 0 aromatic heterocycles. The first kappa shape index (κ1) is 19.3. The highest BCUT2D eigenvalue weighted by atomic mass is 79.9. The number of carbonyl (C=O) groups excluding carboxylic acids is 1. The fourth-order valence-corrected chi connectivity index (χ4v) is 3.64. The Labute approximate surface area is 157 Å². The van der Waals surface area contributed by atoms with Crippen LogP contribution in [0.2, 0.25) is 5.02 Å². The van der Waals surface area contributed by atoms with Crippen molar-refractivity contribution in [3.05, 3.63) is 27.7 Å². The number of nitrogens with one attached hydrogen (secondary N) is 1. The summed E-state index contributed by atoms with van der Waals surface area (Å²) in [5, 5.41) is 4.86. The monoisotopic (exact) mass is 414 g/mol. The fourth-order valence-electron chi connectivity index (χ4n) is 2.84. The lowest BCUT2D eigenvalue weighted by Gasteiger charge is -2.34. The second-order valence-electron chi connectivity index (χ2n) is 7.22. The lowest BCUT2D eigenvalue weighted by atomic mass is 9.72. The molecule has 1 fully saturated rings. The number of benzene rings is 1. The molecule has 0 radical (unpaired) electrons. The van der Waals surface area contributed by atoms with Crippen LogP contribution >= 0.6 is 27.5 Å². The molecule has 1 aromatic rings. The van der Waals surface area contributed by atoms with E-state index in [2.05, 4.69) is 47.2 Å². The Morgan fingerprint density at radius 3 is 2.62 bits per heavy atom. The molecular weight excluding hydrogens is 392 g/mol. The van der Waals surface area contributed by atoms with E-state index in [-0.39, 0.29) is 12.5 Å². The summed E-state index contributed by atoms with van der Waals surface area (Å²) < 4.78 is 6.19. The third-order valence-corrected chi connectivity index (χ3v) is 5.23. The van der Waals surface area contributed by atoms with Gasteiger partial charge in [0.15, 0.2) is 6.61 Å². The Bertz CT molecular complexity index is 616. The molecule has 2 rings (SSSR count). The molecule has 0 spiro atoms. The standard InChI is InChI=1S/C18H24BrClN2O2/c1-18(2,3)12-4-7-14(8-5-12)21-22-17(23)11-24-16-9-6-13(20)10-15(16)19/h6,9-10,12H,4-5,7-8,11H2,1-3H3,(H,22,23). The molecule has 1 aliphatic rings. The Kier molecular flexibility index (Phi) is 6.70. The van der Waals surface area contributed by atoms with Gasteiger partial charge in [-0.25, -0.2) is 5.43 Å². The lowest BCUT2D eigenvalue weighted by molar-refractivity contribution is -0.123. The SMILES string of the molecule is CC(C)(C)C1CCC(=NNC(=O)COc2ccc(Cl)cc2Br)CC1. The van der Waals surface area contributed by atoms with Gasteiger partial charge in [-0.05, 0) is 71.1 Å². The topological polar surface area (TPSA) is 50.7 Å². The van der Waals surface area contributed by atoms with Crippen LogP contribution in [0.15, 0.2) is 27.8 Å². The van der Waals surface area contributed by atoms with Gasteiger partial charge in [-0.2, -0.15) is 5.10 Å². The van der Waals surface area contributed by atoms with Crippen LogP contribution in [0.25, 0.3) is 0 Å². The second-order valence-corrected chi connectivity index (χ2v) is 8.51. The van der Waals surface area contributed by atoms with E-state index in [1.807, 2.05) is 0 Å². The van der Waals surface area contributed by atoms with Crippen LogP contribution in [0.3, 0.4) is 0 Å². The van der Waals surface area contributed by atoms with Crippen molar-refractivity contribution in [2.75, 3.05) is 6.61 Å². The van der Waals surface area contributed by atoms with Crippen LogP contribution < -0.4 is 10.2 Å². The number of hydrazone groups is 1. The summed E-state index contributed by atoms with van der Waals surface area (Å²) in [6.45, 7) is 6.77. The number of halogens is 2. The van der Waals surface area contributed by atoms with E-state index in [0.717, 1.165) is 41.8 Å². The maximum atomic E-state index is 11.9. The van der Waals surface area contributed by atoms with Gasteiger partial charge in [0.25, 0.3) is 5.91 Å². The van der Waals surface area contributed by atoms with Gasteiger partial charge in [-0.1, -0.05) is 32.4 Å². The maximum Gasteiger partial charge on any atom is 0.277 e. The van der Waals surface area contributed by atoms with E-state index >= 15 is 0 Å². The van der Waals surface area contributed by atoms with Crippen LogP contribution in [0.1, 0.15) is 46.5 Å². The minimum atomic E-state index is -0.262. The van der Waals surface area contributed by atoms with Gasteiger partial charge in [-0.3, -0.25) is 4.79 Å². The van der Waals surface area contributed by atoms with Crippen molar-refractivity contribution in [1.82, 2.24) is 5.43 Å². The average molecular weight is 416 g/mol. The van der Waals surface area contributed by atoms with Crippen molar-refractivity contribution in [2.24, 2.45) is 16.4 Å². The smallest absolute Gasteiger partial charge is 0.277 e. The molecule has 0 heterocycles. The van der Waals surface area contributed by atoms with Gasteiger partial charge in [0.1, 0.15) is 5.75 Å². The Morgan fingerprint density at radius 2 is 2.04 bits per heavy atom. The molecule has 6 heteroatoms. The highest BCUT2D eigenvalue weighted by Crippen LogP contribution is 2.36. The number of rotatable bonds is 4. The average Bonchev–Trinajstić information content (AvgIpc) is 2.51. The molecule has 4 nitrogen and oxygen atoms in total. The summed E-state index contributed by atoms with van der Waals surface area (Å²) in [6.07, 6.45) is 4.16. The minimum Gasteiger partial charge on any atom is -0.483 e. The highest BCUT2D eigenvalue weighted by Gasteiger charge is 2.28. The summed E-state index contributed by atoms with van der Waals surface area (Å²) in [4.78, 5) is 11.9. The van der Waals surface area contributed by atoms with E-state index < -0.39 is 0 Å². The first-order valence-corrected chi connectivity index (χ1v) is 9.35. The van der Waals surface area contributed by atoms with Gasteiger partial charge in [-0.15, -0.1) is 0 Å². The molecule has 1 aliphatic carbocycles. The minimum absolute atomic E-state index is 0.0817. The zero-order valence-corrected chi connectivity index (χ0v) is 16.7. The largest absolute Gasteiger partial charge is 0.483 e. The molecular formula is C18H24BrClN2O2. The second kappa shape index (κ2) is 8.34. The van der Waals surface area contributed by atoms with Crippen LogP contribution in [0, 0.1) is 11.3 Å². The Balaban J connectivity index is 1.77. The van der Waals surface area contributed by atoms with E-state index in [1.54, 1.807) is 18.2 Å². The number of amides is 1. The van der Waals surface area contributed by atoms with Crippen molar-refractivity contribution < 1.29 is 9.53 Å². The van der Waals surface area contributed by atoms with E-state index in [9.17, 15) is 4.79 Å². The molecule has 1 saturated carbocycles. The van der Waals surface area contributed by atoms with E-state index in [4.69, 9.17) is 16.3 Å². The lowest BCUT2D eigenvalue weighted by Crippen LogP contribution is -2.29. The molecule has 0 saturated heterocycles. The number of ether oxygens (including phenoxy) is 1. The number of carbonyl (C=O) groups is 1. The quantitative estimate of drug-likeness (QED) is 0.688. The molecule has 0 bridgehead atoms. The molecule has 132 valence electrons. The van der Waals surface area contributed by atoms with Gasteiger partial charge in [0, 0.05) is 10.7 Å². The summed E-state index contributed by atoms with van der Waals surface area (Å²) in [5.74, 6) is 1.04. The fraction of sp³-hybridized carbons (Fsp3) is 0.556. The molecule has 24 heavy (non-hydrogen) atoms. The first-order chi connectivity index (χ1) is 11.3. The van der Waals surface area contributed by atoms with Crippen molar-refractivity contribution in [1.29, 1.82) is 0 Å². The van der Waals surface area contributed by atoms with Gasteiger partial charge in [0.05, 0.1) is 4.47 Å². The summed E-state index contributed by atoms with van der Waals surface area (Å²) in [6, 6.07) is 5.16. The van der Waals surface area contributed by atoms with Gasteiger partial charge >= 0.3 is 0 Å². The molecule has 1 amide bonds. The van der Waals surface area contributed by atoms with Crippen molar-refractivity contribution >= 4 is 39.1 Å². The maximum absolute atomic E-state index is 11.9. The van der Waals surface area contributed by atoms with E-state index in [0.29, 0.717) is 16.2 Å². The van der Waals surface area contributed by atoms with Crippen LogP contribution in [0.4, 0.5) is 0 Å². The van der Waals surface area contributed by atoms with Gasteiger partial charge in [0.2, 0.25) is 0 Å². The zero-order chi connectivity index (χ0) is 17.7. The normalized spacial score (nSPS) is 18.2. The summed E-state index contributed by atoms with van der Waals surface area (Å²) >= 11 is 9.22. The zero-order valence-electron chi connectivity index (χ0n) is 14.4. The molecule has 0 unspecified atom stereocenters. The third-order valence-electron chi connectivity index (χ3n) is 4.38. The molecule has 1 N–H and O–H groups in total. The summed E-state index contributed by atoms with van der Waals surface area (Å²) in [5.41, 5.74) is 4.00. The van der Waals surface area contributed by atoms with Crippen molar-refractivity contribution in [3.8, 4) is 5.75 Å². The Hall–Kier alpha value is -1.07. The number of hydrogen-bond acceptors (Lipinski definition) is 3. The predicted octanol–water partition coefficient (Wildman–Crippen LogP) is 5.19. The summed E-state index contributed by atoms with van der Waals surface area (Å²) in [7, 11) is 0. The van der Waals surface area contributed by atoms with Crippen molar-refractivity contribution in [2.45, 2.75) is 46.5 Å².